The van der Waals surface area contributed by atoms with Gasteiger partial charge in [0.15, 0.2) is 0 Å². The lowest BCUT2D eigenvalue weighted by molar-refractivity contribution is -0.123. The Labute approximate surface area is 175 Å². The molecule has 1 heterocycles. The highest BCUT2D eigenvalue weighted by molar-refractivity contribution is 6.42. The Bertz CT molecular complexity index is 850. The van der Waals surface area contributed by atoms with Gasteiger partial charge in [0.2, 0.25) is 5.91 Å². The molecule has 0 saturated carbocycles. The Morgan fingerprint density at radius 1 is 1.04 bits per heavy atom. The summed E-state index contributed by atoms with van der Waals surface area (Å²) >= 11 is 11.8. The summed E-state index contributed by atoms with van der Waals surface area (Å²) in [5.41, 5.74) is 1.14. The van der Waals surface area contributed by atoms with E-state index in [0.29, 0.717) is 35.4 Å². The van der Waals surface area contributed by atoms with Crippen LogP contribution >= 0.6 is 23.2 Å². The molecular weight excluding hydrogens is 399 g/mol. The molecule has 3 amide bonds. The third-order valence-corrected chi connectivity index (χ3v) is 4.57. The number of aromatic nitrogens is 1. The van der Waals surface area contributed by atoms with E-state index < -0.39 is 5.41 Å². The molecule has 0 aliphatic heterocycles. The summed E-state index contributed by atoms with van der Waals surface area (Å²) < 4.78 is 0. The summed E-state index contributed by atoms with van der Waals surface area (Å²) in [6.45, 7) is 6.28. The van der Waals surface area contributed by atoms with Crippen LogP contribution in [0.4, 0.5) is 10.6 Å². The first-order valence-electron chi connectivity index (χ1n) is 8.88. The molecule has 0 radical (unpaired) electrons. The van der Waals surface area contributed by atoms with Gasteiger partial charge in [0.05, 0.1) is 10.0 Å². The van der Waals surface area contributed by atoms with Crippen LogP contribution in [0.3, 0.4) is 0 Å². The molecule has 0 bridgehead atoms. The molecule has 150 valence electrons. The summed E-state index contributed by atoms with van der Waals surface area (Å²) in [5, 5.41) is 9.26. The molecule has 8 heteroatoms. The van der Waals surface area contributed by atoms with Crippen molar-refractivity contribution in [3.05, 3.63) is 57.7 Å². The van der Waals surface area contributed by atoms with Crippen LogP contribution in [0.15, 0.2) is 36.4 Å². The minimum Gasteiger partial charge on any atom is -0.338 e. The van der Waals surface area contributed by atoms with E-state index in [1.165, 1.54) is 0 Å². The highest BCUT2D eigenvalue weighted by Gasteiger charge is 2.21. The van der Waals surface area contributed by atoms with Crippen molar-refractivity contribution in [2.24, 2.45) is 5.41 Å². The minimum absolute atomic E-state index is 0.100. The van der Waals surface area contributed by atoms with E-state index >= 15 is 0 Å². The standard InChI is InChI=1S/C20H24Cl2N4O2/c1-20(2,3)18(27)26-17-6-4-5-14(25-17)9-10-23-19(28)24-12-13-7-8-15(21)16(22)11-13/h4-8,11H,9-10,12H2,1-3H3,(H2,23,24,28)(H,25,26,27). The number of anilines is 1. The first-order chi connectivity index (χ1) is 13.1. The highest BCUT2D eigenvalue weighted by Crippen LogP contribution is 2.22. The molecule has 2 rings (SSSR count). The number of rotatable bonds is 6. The maximum absolute atomic E-state index is 12.0. The van der Waals surface area contributed by atoms with E-state index in [1.54, 1.807) is 24.3 Å². The van der Waals surface area contributed by atoms with Gasteiger partial charge < -0.3 is 16.0 Å². The number of benzene rings is 1. The highest BCUT2D eigenvalue weighted by atomic mass is 35.5. The van der Waals surface area contributed by atoms with Crippen molar-refractivity contribution in [3.8, 4) is 0 Å². The fourth-order valence-corrected chi connectivity index (χ4v) is 2.51. The van der Waals surface area contributed by atoms with Crippen molar-refractivity contribution in [2.75, 3.05) is 11.9 Å². The van der Waals surface area contributed by atoms with Gasteiger partial charge in [-0.2, -0.15) is 0 Å². The predicted molar refractivity (Wildman–Crippen MR) is 113 cm³/mol. The van der Waals surface area contributed by atoms with Crippen molar-refractivity contribution >= 4 is 41.0 Å². The summed E-state index contributed by atoms with van der Waals surface area (Å²) in [6.07, 6.45) is 0.541. The number of urea groups is 1. The monoisotopic (exact) mass is 422 g/mol. The van der Waals surface area contributed by atoms with Crippen LogP contribution in [0.2, 0.25) is 10.0 Å². The molecule has 0 aliphatic carbocycles. The average Bonchev–Trinajstić information content (AvgIpc) is 2.62. The number of nitrogens with zero attached hydrogens (tertiary/aromatic N) is 1. The van der Waals surface area contributed by atoms with E-state index in [1.807, 2.05) is 32.9 Å². The van der Waals surface area contributed by atoms with Gasteiger partial charge in [-0.25, -0.2) is 9.78 Å². The van der Waals surface area contributed by atoms with E-state index in [-0.39, 0.29) is 11.9 Å². The fraction of sp³-hybridized carbons (Fsp3) is 0.350. The average molecular weight is 423 g/mol. The van der Waals surface area contributed by atoms with E-state index in [2.05, 4.69) is 20.9 Å². The number of pyridine rings is 1. The quantitative estimate of drug-likeness (QED) is 0.644. The number of carbonyl (C=O) groups is 2. The summed E-state index contributed by atoms with van der Waals surface area (Å²) in [4.78, 5) is 28.4. The van der Waals surface area contributed by atoms with Crippen molar-refractivity contribution in [2.45, 2.75) is 33.7 Å². The smallest absolute Gasteiger partial charge is 0.315 e. The number of amides is 3. The Hall–Kier alpha value is -2.31. The van der Waals surface area contributed by atoms with E-state index in [4.69, 9.17) is 23.2 Å². The van der Waals surface area contributed by atoms with Crippen LogP contribution in [0.5, 0.6) is 0 Å². The van der Waals surface area contributed by atoms with Gasteiger partial charge >= 0.3 is 6.03 Å². The molecule has 3 N–H and O–H groups in total. The molecule has 0 aliphatic rings. The predicted octanol–water partition coefficient (Wildman–Crippen LogP) is 4.41. The van der Waals surface area contributed by atoms with Crippen LogP contribution in [-0.4, -0.2) is 23.5 Å². The molecule has 1 aromatic carbocycles. The van der Waals surface area contributed by atoms with Crippen LogP contribution < -0.4 is 16.0 Å². The number of hydrogen-bond acceptors (Lipinski definition) is 3. The number of nitrogens with one attached hydrogen (secondary N) is 3. The first kappa shape index (κ1) is 22.0. The van der Waals surface area contributed by atoms with Gasteiger partial charge in [-0.05, 0) is 29.8 Å². The maximum atomic E-state index is 12.0. The molecule has 0 atom stereocenters. The molecule has 6 nitrogen and oxygen atoms in total. The Balaban J connectivity index is 1.78. The second-order valence-electron chi connectivity index (χ2n) is 7.33. The molecule has 2 aromatic rings. The molecule has 28 heavy (non-hydrogen) atoms. The summed E-state index contributed by atoms with van der Waals surface area (Å²) in [7, 11) is 0. The zero-order chi connectivity index (χ0) is 20.7. The fourth-order valence-electron chi connectivity index (χ4n) is 2.19. The third-order valence-electron chi connectivity index (χ3n) is 3.83. The van der Waals surface area contributed by atoms with Gasteiger partial charge in [-0.15, -0.1) is 0 Å². The maximum Gasteiger partial charge on any atom is 0.315 e. The van der Waals surface area contributed by atoms with Crippen molar-refractivity contribution < 1.29 is 9.59 Å². The normalized spacial score (nSPS) is 11.0. The zero-order valence-electron chi connectivity index (χ0n) is 16.1. The van der Waals surface area contributed by atoms with Crippen molar-refractivity contribution in [1.29, 1.82) is 0 Å². The summed E-state index contributed by atoms with van der Waals surface area (Å²) in [6, 6.07) is 10.3. The van der Waals surface area contributed by atoms with Crippen LogP contribution in [0, 0.1) is 5.41 Å². The third kappa shape index (κ3) is 7.02. The van der Waals surface area contributed by atoms with Crippen molar-refractivity contribution in [3.63, 3.8) is 0 Å². The number of hydrogen-bond donors (Lipinski definition) is 3. The van der Waals surface area contributed by atoms with E-state index in [0.717, 1.165) is 11.3 Å². The van der Waals surface area contributed by atoms with Gasteiger partial charge in [0.25, 0.3) is 0 Å². The Morgan fingerprint density at radius 3 is 2.46 bits per heavy atom. The molecule has 1 aromatic heterocycles. The van der Waals surface area contributed by atoms with Gasteiger partial charge in [0.1, 0.15) is 5.82 Å². The minimum atomic E-state index is -0.494. The van der Waals surface area contributed by atoms with Crippen LogP contribution in [0.25, 0.3) is 0 Å². The van der Waals surface area contributed by atoms with E-state index in [9.17, 15) is 9.59 Å². The van der Waals surface area contributed by atoms with Crippen LogP contribution in [0.1, 0.15) is 32.0 Å². The lowest BCUT2D eigenvalue weighted by Gasteiger charge is -2.17. The number of halogens is 2. The zero-order valence-corrected chi connectivity index (χ0v) is 17.6. The van der Waals surface area contributed by atoms with Gasteiger partial charge in [0, 0.05) is 30.6 Å². The lowest BCUT2D eigenvalue weighted by Crippen LogP contribution is -2.36. The molecular formula is C20H24Cl2N4O2. The largest absolute Gasteiger partial charge is 0.338 e. The van der Waals surface area contributed by atoms with Gasteiger partial charge in [-0.3, -0.25) is 4.79 Å². The second-order valence-corrected chi connectivity index (χ2v) is 8.14. The molecule has 0 fully saturated rings. The van der Waals surface area contributed by atoms with Gasteiger partial charge in [-0.1, -0.05) is 56.1 Å². The van der Waals surface area contributed by atoms with Crippen molar-refractivity contribution in [1.82, 2.24) is 15.6 Å². The number of carbonyl (C=O) groups excluding carboxylic acids is 2. The lowest BCUT2D eigenvalue weighted by atomic mass is 9.96. The van der Waals surface area contributed by atoms with Crippen LogP contribution in [-0.2, 0) is 17.8 Å². The Morgan fingerprint density at radius 2 is 1.79 bits per heavy atom. The topological polar surface area (TPSA) is 83.1 Å². The molecule has 0 unspecified atom stereocenters. The molecule has 0 saturated heterocycles. The first-order valence-corrected chi connectivity index (χ1v) is 9.64. The Kier molecular flexibility index (Phi) is 7.66. The molecule has 0 spiro atoms. The SMILES string of the molecule is CC(C)(C)C(=O)Nc1cccc(CCNC(=O)NCc2ccc(Cl)c(Cl)c2)n1. The summed E-state index contributed by atoms with van der Waals surface area (Å²) in [5.74, 6) is 0.401. The second kappa shape index (κ2) is 9.75.